The third kappa shape index (κ3) is 4.81. The molecule has 0 fully saturated rings. The minimum absolute atomic E-state index is 0.0368. The molecule has 0 saturated heterocycles. The number of aromatic nitrogens is 3. The average Bonchev–Trinajstić information content (AvgIpc) is 3.36. The number of anilines is 1. The van der Waals surface area contributed by atoms with Gasteiger partial charge in [0.15, 0.2) is 11.3 Å². The summed E-state index contributed by atoms with van der Waals surface area (Å²) in [7, 11) is 0. The molecule has 1 aromatic carbocycles. The SMILES string of the molecule is O=C(Nc1ccc(OC(F)(F)F)cc1)c1cc2nc(-c3cccs3)cc(C(F)(F)Cl)n2n1. The Morgan fingerprint density at radius 1 is 1.09 bits per heavy atom. The molecule has 0 aliphatic carbocycles. The molecule has 3 aromatic heterocycles. The van der Waals surface area contributed by atoms with Crippen LogP contribution in [0.4, 0.5) is 27.6 Å². The summed E-state index contributed by atoms with van der Waals surface area (Å²) in [6.07, 6.45) is -4.85. The molecular weight excluding hydrogens is 479 g/mol. The average molecular weight is 489 g/mol. The first-order valence-corrected chi connectivity index (χ1v) is 9.94. The van der Waals surface area contributed by atoms with Gasteiger partial charge in [-0.2, -0.15) is 13.9 Å². The Morgan fingerprint density at radius 3 is 2.41 bits per heavy atom. The van der Waals surface area contributed by atoms with Crippen molar-refractivity contribution in [1.82, 2.24) is 14.6 Å². The molecule has 0 unspecified atom stereocenters. The second kappa shape index (κ2) is 8.02. The number of hydrogen-bond donors (Lipinski definition) is 1. The van der Waals surface area contributed by atoms with Crippen molar-refractivity contribution >= 4 is 40.2 Å². The molecule has 32 heavy (non-hydrogen) atoms. The monoisotopic (exact) mass is 488 g/mol. The maximum atomic E-state index is 14.0. The summed E-state index contributed by atoms with van der Waals surface area (Å²) in [5.74, 6) is -1.26. The van der Waals surface area contributed by atoms with Crippen LogP contribution in [0.15, 0.2) is 53.9 Å². The van der Waals surface area contributed by atoms with Crippen molar-refractivity contribution in [2.75, 3.05) is 5.32 Å². The Kier molecular flexibility index (Phi) is 5.51. The maximum Gasteiger partial charge on any atom is 0.573 e. The Labute approximate surface area is 185 Å². The van der Waals surface area contributed by atoms with Crippen molar-refractivity contribution in [3.8, 4) is 16.3 Å². The molecular formula is C19H10ClF5N4O2S. The lowest BCUT2D eigenvalue weighted by Crippen LogP contribution is -2.17. The summed E-state index contributed by atoms with van der Waals surface area (Å²) in [6.45, 7) is 0. The third-order valence-corrected chi connectivity index (χ3v) is 5.16. The fourth-order valence-electron chi connectivity index (χ4n) is 2.77. The normalized spacial score (nSPS) is 12.2. The minimum Gasteiger partial charge on any atom is -0.406 e. The molecule has 0 aliphatic rings. The number of nitrogens with one attached hydrogen (secondary N) is 1. The molecule has 4 rings (SSSR count). The van der Waals surface area contributed by atoms with Crippen LogP contribution in [0.1, 0.15) is 16.2 Å². The Hall–Kier alpha value is -3.25. The van der Waals surface area contributed by atoms with Gasteiger partial charge in [-0.1, -0.05) is 6.07 Å². The molecule has 3 heterocycles. The standard InChI is InChI=1S/C19H10ClF5N4O2S/c20-18(21,22)15-8-12(14-2-1-7-32-14)27-16-9-13(28-29(15)16)17(30)26-10-3-5-11(6-4-10)31-19(23,24)25/h1-9H,(H,26,30). The number of nitrogens with zero attached hydrogens (tertiary/aromatic N) is 3. The van der Waals surface area contributed by atoms with Crippen molar-refractivity contribution < 1.29 is 31.5 Å². The van der Waals surface area contributed by atoms with Crippen LogP contribution in [0.2, 0.25) is 0 Å². The largest absolute Gasteiger partial charge is 0.573 e. The van der Waals surface area contributed by atoms with E-state index in [-0.39, 0.29) is 22.7 Å². The van der Waals surface area contributed by atoms with Gasteiger partial charge in [0.25, 0.3) is 5.91 Å². The first-order chi connectivity index (χ1) is 15.0. The van der Waals surface area contributed by atoms with Crippen LogP contribution >= 0.6 is 22.9 Å². The summed E-state index contributed by atoms with van der Waals surface area (Å²) in [6, 6.07) is 10.1. The predicted octanol–water partition coefficient (Wildman–Crippen LogP) is 5.90. The second-order valence-corrected chi connectivity index (χ2v) is 7.75. The number of hydrogen-bond acceptors (Lipinski definition) is 5. The second-order valence-electron chi connectivity index (χ2n) is 6.33. The Balaban J connectivity index is 1.64. The number of alkyl halides is 6. The number of rotatable bonds is 5. The van der Waals surface area contributed by atoms with E-state index in [1.807, 2.05) is 0 Å². The highest BCUT2D eigenvalue weighted by atomic mass is 35.5. The lowest BCUT2D eigenvalue weighted by atomic mass is 10.2. The smallest absolute Gasteiger partial charge is 0.406 e. The third-order valence-electron chi connectivity index (χ3n) is 4.07. The van der Waals surface area contributed by atoms with E-state index in [0.29, 0.717) is 4.88 Å². The number of carbonyl (C=O) groups is 1. The summed E-state index contributed by atoms with van der Waals surface area (Å²) >= 11 is 6.52. The number of fused-ring (bicyclic) bond motifs is 1. The van der Waals surface area contributed by atoms with Crippen LogP contribution in [0.3, 0.4) is 0 Å². The molecule has 13 heteroatoms. The molecule has 0 bridgehead atoms. The van der Waals surface area contributed by atoms with E-state index in [1.165, 1.54) is 29.5 Å². The molecule has 1 amide bonds. The van der Waals surface area contributed by atoms with Gasteiger partial charge in [-0.25, -0.2) is 9.50 Å². The van der Waals surface area contributed by atoms with Gasteiger partial charge in [0.2, 0.25) is 0 Å². The van der Waals surface area contributed by atoms with Crippen molar-refractivity contribution in [3.05, 3.63) is 65.3 Å². The zero-order valence-electron chi connectivity index (χ0n) is 15.5. The fourth-order valence-corrected chi connectivity index (χ4v) is 3.59. The molecule has 0 spiro atoms. The summed E-state index contributed by atoms with van der Waals surface area (Å²) in [5.41, 5.74) is -0.601. The lowest BCUT2D eigenvalue weighted by Gasteiger charge is -2.11. The van der Waals surface area contributed by atoms with E-state index in [2.05, 4.69) is 20.1 Å². The van der Waals surface area contributed by atoms with Gasteiger partial charge >= 0.3 is 11.7 Å². The molecule has 0 saturated carbocycles. The first-order valence-electron chi connectivity index (χ1n) is 8.69. The van der Waals surface area contributed by atoms with Crippen molar-refractivity contribution in [1.29, 1.82) is 0 Å². The van der Waals surface area contributed by atoms with E-state index in [0.717, 1.165) is 22.7 Å². The topological polar surface area (TPSA) is 68.5 Å². The van der Waals surface area contributed by atoms with Crippen molar-refractivity contribution in [2.45, 2.75) is 11.7 Å². The molecule has 4 aromatic rings. The van der Waals surface area contributed by atoms with E-state index < -0.39 is 29.1 Å². The Bertz CT molecular complexity index is 1270. The minimum atomic E-state index is -4.85. The van der Waals surface area contributed by atoms with Gasteiger partial charge in [0, 0.05) is 11.8 Å². The first kappa shape index (κ1) is 22.0. The zero-order chi connectivity index (χ0) is 23.1. The highest BCUT2D eigenvalue weighted by molar-refractivity contribution is 7.13. The number of halogens is 6. The molecule has 0 aliphatic heterocycles. The molecule has 1 N–H and O–H groups in total. The van der Waals surface area contributed by atoms with Gasteiger partial charge in [-0.05, 0) is 53.4 Å². The molecule has 0 atom stereocenters. The highest BCUT2D eigenvalue weighted by Gasteiger charge is 2.33. The van der Waals surface area contributed by atoms with Crippen LogP contribution in [-0.2, 0) is 5.38 Å². The lowest BCUT2D eigenvalue weighted by molar-refractivity contribution is -0.274. The van der Waals surface area contributed by atoms with Crippen LogP contribution in [0.25, 0.3) is 16.2 Å². The predicted molar refractivity (Wildman–Crippen MR) is 107 cm³/mol. The van der Waals surface area contributed by atoms with Crippen LogP contribution in [0.5, 0.6) is 5.75 Å². The molecule has 0 radical (unpaired) electrons. The van der Waals surface area contributed by atoms with Gasteiger partial charge in [0.05, 0.1) is 10.6 Å². The van der Waals surface area contributed by atoms with Gasteiger partial charge in [0.1, 0.15) is 11.4 Å². The fraction of sp³-hybridized carbons (Fsp3) is 0.105. The van der Waals surface area contributed by atoms with Crippen LogP contribution in [-0.4, -0.2) is 26.9 Å². The zero-order valence-corrected chi connectivity index (χ0v) is 17.1. The van der Waals surface area contributed by atoms with Crippen molar-refractivity contribution in [3.63, 3.8) is 0 Å². The van der Waals surface area contributed by atoms with E-state index in [4.69, 9.17) is 11.6 Å². The van der Waals surface area contributed by atoms with Crippen LogP contribution < -0.4 is 10.1 Å². The summed E-state index contributed by atoms with van der Waals surface area (Å²) in [5, 5.41) is 4.24. The number of ether oxygens (including phenoxy) is 1. The van der Waals surface area contributed by atoms with Crippen molar-refractivity contribution in [2.24, 2.45) is 0 Å². The van der Waals surface area contributed by atoms with Gasteiger partial charge in [-0.3, -0.25) is 4.79 Å². The maximum absolute atomic E-state index is 14.0. The number of amides is 1. The van der Waals surface area contributed by atoms with Crippen LogP contribution in [0, 0.1) is 0 Å². The Morgan fingerprint density at radius 2 is 1.81 bits per heavy atom. The quantitative estimate of drug-likeness (QED) is 0.281. The van der Waals surface area contributed by atoms with Gasteiger partial charge < -0.3 is 10.1 Å². The number of carbonyl (C=O) groups excluding carboxylic acids is 1. The van der Waals surface area contributed by atoms with E-state index in [1.54, 1.807) is 17.5 Å². The van der Waals surface area contributed by atoms with E-state index in [9.17, 15) is 26.7 Å². The molecule has 166 valence electrons. The number of thiophene rings is 1. The highest BCUT2D eigenvalue weighted by Crippen LogP contribution is 2.35. The summed E-state index contributed by atoms with van der Waals surface area (Å²) < 4.78 is 69.2. The molecule has 6 nitrogen and oxygen atoms in total. The van der Waals surface area contributed by atoms with E-state index >= 15 is 0 Å². The number of benzene rings is 1. The summed E-state index contributed by atoms with van der Waals surface area (Å²) in [4.78, 5) is 17.4. The van der Waals surface area contributed by atoms with Gasteiger partial charge in [-0.15, -0.1) is 24.5 Å².